The number of carbonyl (C=O) groups excluding carboxylic acids is 2. The number of aryl methyl sites for hydroxylation is 1. The molecular formula is C26H35N7O2S3. The number of fused-ring (bicyclic) bond motifs is 2. The van der Waals surface area contributed by atoms with Crippen LogP contribution >= 0.6 is 34.4 Å². The van der Waals surface area contributed by atoms with Gasteiger partial charge in [0.15, 0.2) is 10.3 Å². The van der Waals surface area contributed by atoms with Crippen LogP contribution in [0.3, 0.4) is 0 Å². The molecule has 9 nitrogen and oxygen atoms in total. The zero-order chi connectivity index (χ0) is 26.1. The van der Waals surface area contributed by atoms with Gasteiger partial charge in [0.2, 0.25) is 11.8 Å². The molecule has 2 saturated heterocycles. The minimum atomic E-state index is 0.130. The van der Waals surface area contributed by atoms with E-state index in [4.69, 9.17) is 9.97 Å². The molecule has 1 aliphatic carbocycles. The van der Waals surface area contributed by atoms with Crippen molar-refractivity contribution >= 4 is 76.9 Å². The van der Waals surface area contributed by atoms with Gasteiger partial charge in [-0.15, -0.1) is 0 Å². The van der Waals surface area contributed by atoms with E-state index in [1.54, 1.807) is 22.7 Å². The zero-order valence-electron chi connectivity index (χ0n) is 21.8. The van der Waals surface area contributed by atoms with Crippen LogP contribution in [0.4, 0.5) is 10.3 Å². The molecule has 2 amide bonds. The largest absolute Gasteiger partial charge is 0.352 e. The van der Waals surface area contributed by atoms with Gasteiger partial charge in [0.25, 0.3) is 0 Å². The molecule has 0 spiro atoms. The summed E-state index contributed by atoms with van der Waals surface area (Å²) in [6, 6.07) is 2.85. The third-order valence-electron chi connectivity index (χ3n) is 7.93. The van der Waals surface area contributed by atoms with Crippen LogP contribution in [0.15, 0.2) is 6.07 Å². The van der Waals surface area contributed by atoms with Gasteiger partial charge >= 0.3 is 0 Å². The molecule has 0 atom stereocenters. The van der Waals surface area contributed by atoms with Crippen LogP contribution in [0.5, 0.6) is 0 Å². The first-order valence-electron chi connectivity index (χ1n) is 13.6. The lowest BCUT2D eigenvalue weighted by molar-refractivity contribution is -0.131. The van der Waals surface area contributed by atoms with E-state index in [1.807, 2.05) is 28.5 Å². The van der Waals surface area contributed by atoms with Crippen LogP contribution in [0.25, 0.3) is 20.4 Å². The molecule has 12 heteroatoms. The molecule has 204 valence electrons. The predicted molar refractivity (Wildman–Crippen MR) is 159 cm³/mol. The Morgan fingerprint density at radius 3 is 1.92 bits per heavy atom. The fraction of sp³-hybridized carbons (Fsp3) is 0.615. The van der Waals surface area contributed by atoms with Gasteiger partial charge in [-0.2, -0.15) is 11.8 Å². The number of nitrogens with one attached hydrogen (secondary N) is 2. The van der Waals surface area contributed by atoms with Crippen LogP contribution < -0.4 is 10.6 Å². The van der Waals surface area contributed by atoms with Crippen molar-refractivity contribution in [3.63, 3.8) is 0 Å². The Hall–Kier alpha value is -2.15. The standard InChI is InChI=1S/C26H35N7O2S3/c1-17-23-19(14-20-24(17)30-26(38-20)28-16-22(35)33-10-12-36-13-11-33)37-25(29-23)27-15-21(34)32-8-6-31(7-9-32)18-4-2-3-5-18/h14,18H,2-13,15-16H2,1H3,(H,27,29)(H,28,30). The summed E-state index contributed by atoms with van der Waals surface area (Å²) in [4.78, 5) is 41.4. The number of carbonyl (C=O) groups is 2. The normalized spacial score (nSPS) is 19.5. The van der Waals surface area contributed by atoms with Crippen molar-refractivity contribution in [3.8, 4) is 0 Å². The van der Waals surface area contributed by atoms with Gasteiger partial charge in [0.05, 0.1) is 33.5 Å². The lowest BCUT2D eigenvalue weighted by Crippen LogP contribution is -2.52. The minimum absolute atomic E-state index is 0.130. The van der Waals surface area contributed by atoms with Crippen LogP contribution in [-0.2, 0) is 9.59 Å². The number of hydrogen-bond donors (Lipinski definition) is 2. The molecule has 3 fully saturated rings. The van der Waals surface area contributed by atoms with E-state index in [-0.39, 0.29) is 24.9 Å². The topological polar surface area (TPSA) is 93.7 Å². The van der Waals surface area contributed by atoms with E-state index in [0.717, 1.165) is 93.1 Å². The first kappa shape index (κ1) is 26.1. The first-order chi connectivity index (χ1) is 18.5. The molecule has 6 rings (SSSR count). The van der Waals surface area contributed by atoms with E-state index in [2.05, 4.69) is 21.6 Å². The highest BCUT2D eigenvalue weighted by Crippen LogP contribution is 2.37. The Kier molecular flexibility index (Phi) is 7.92. The molecule has 2 N–H and O–H groups in total. The maximum absolute atomic E-state index is 12.9. The number of rotatable bonds is 7. The Balaban J connectivity index is 1.05. The first-order valence-corrected chi connectivity index (χ1v) is 16.4. The summed E-state index contributed by atoms with van der Waals surface area (Å²) >= 11 is 5.04. The summed E-state index contributed by atoms with van der Waals surface area (Å²) in [5.74, 6) is 2.30. The number of hydrogen-bond acceptors (Lipinski definition) is 10. The molecule has 3 aromatic rings. The fourth-order valence-corrected chi connectivity index (χ4v) is 8.63. The van der Waals surface area contributed by atoms with Crippen molar-refractivity contribution in [2.24, 2.45) is 0 Å². The second kappa shape index (κ2) is 11.5. The summed E-state index contributed by atoms with van der Waals surface area (Å²) in [6.45, 7) is 7.85. The van der Waals surface area contributed by atoms with Crippen LogP contribution in [-0.4, -0.2) is 106 Å². The molecule has 0 radical (unpaired) electrons. The number of anilines is 2. The van der Waals surface area contributed by atoms with Crippen LogP contribution in [0, 0.1) is 6.92 Å². The fourth-order valence-electron chi connectivity index (χ4n) is 5.72. The molecule has 0 bridgehead atoms. The second-order valence-electron chi connectivity index (χ2n) is 10.3. The number of thioether (sulfide) groups is 1. The third-order valence-corrected chi connectivity index (χ3v) is 10.8. The Labute approximate surface area is 235 Å². The van der Waals surface area contributed by atoms with E-state index >= 15 is 0 Å². The van der Waals surface area contributed by atoms with Crippen molar-refractivity contribution in [1.82, 2.24) is 24.7 Å². The molecule has 2 aromatic heterocycles. The lowest BCUT2D eigenvalue weighted by atomic mass is 10.2. The predicted octanol–water partition coefficient (Wildman–Crippen LogP) is 3.70. The second-order valence-corrected chi connectivity index (χ2v) is 13.6. The summed E-state index contributed by atoms with van der Waals surface area (Å²) in [5.41, 5.74) is 2.86. The summed E-state index contributed by atoms with van der Waals surface area (Å²) in [5, 5.41) is 8.04. The third kappa shape index (κ3) is 5.59. The average Bonchev–Trinajstić information content (AvgIpc) is 3.71. The summed E-state index contributed by atoms with van der Waals surface area (Å²) < 4.78 is 2.15. The Morgan fingerprint density at radius 1 is 0.842 bits per heavy atom. The number of amides is 2. The van der Waals surface area contributed by atoms with Gasteiger partial charge in [-0.3, -0.25) is 14.5 Å². The number of nitrogens with zero attached hydrogens (tertiary/aromatic N) is 5. The molecule has 0 unspecified atom stereocenters. The number of piperazine rings is 1. The minimum Gasteiger partial charge on any atom is -0.352 e. The molecule has 2 aliphatic heterocycles. The Bertz CT molecular complexity index is 1310. The van der Waals surface area contributed by atoms with E-state index in [9.17, 15) is 9.59 Å². The Morgan fingerprint density at radius 2 is 1.37 bits per heavy atom. The average molecular weight is 574 g/mol. The smallest absolute Gasteiger partial charge is 0.242 e. The van der Waals surface area contributed by atoms with Crippen molar-refractivity contribution in [2.75, 3.05) is 74.5 Å². The summed E-state index contributed by atoms with van der Waals surface area (Å²) in [7, 11) is 0. The SMILES string of the molecule is Cc1c2nc(NCC(=O)N3CCSCC3)sc2cc2sc(NCC(=O)N3CCN(C4CCCC4)CC3)nc12. The van der Waals surface area contributed by atoms with Crippen molar-refractivity contribution in [3.05, 3.63) is 11.6 Å². The van der Waals surface area contributed by atoms with Gasteiger partial charge in [-0.1, -0.05) is 35.5 Å². The van der Waals surface area contributed by atoms with Crippen LogP contribution in [0.2, 0.25) is 0 Å². The quantitative estimate of drug-likeness (QED) is 0.442. The van der Waals surface area contributed by atoms with Gasteiger partial charge in [0, 0.05) is 62.4 Å². The van der Waals surface area contributed by atoms with E-state index in [1.165, 1.54) is 25.7 Å². The van der Waals surface area contributed by atoms with Gasteiger partial charge in [-0.25, -0.2) is 9.97 Å². The van der Waals surface area contributed by atoms with Gasteiger partial charge < -0.3 is 20.4 Å². The van der Waals surface area contributed by atoms with Crippen molar-refractivity contribution < 1.29 is 9.59 Å². The number of benzene rings is 1. The lowest BCUT2D eigenvalue weighted by Gasteiger charge is -2.38. The van der Waals surface area contributed by atoms with Crippen LogP contribution in [0.1, 0.15) is 31.2 Å². The van der Waals surface area contributed by atoms with Gasteiger partial charge in [0.1, 0.15) is 0 Å². The maximum atomic E-state index is 12.9. The van der Waals surface area contributed by atoms with E-state index in [0.29, 0.717) is 0 Å². The van der Waals surface area contributed by atoms with Crippen molar-refractivity contribution in [2.45, 2.75) is 38.6 Å². The molecular weight excluding hydrogens is 539 g/mol. The van der Waals surface area contributed by atoms with Crippen molar-refractivity contribution in [1.29, 1.82) is 0 Å². The molecule has 3 aliphatic rings. The van der Waals surface area contributed by atoms with E-state index < -0.39 is 0 Å². The highest BCUT2D eigenvalue weighted by atomic mass is 32.2. The number of aromatic nitrogens is 2. The van der Waals surface area contributed by atoms with Gasteiger partial charge in [-0.05, 0) is 25.8 Å². The summed E-state index contributed by atoms with van der Waals surface area (Å²) in [6.07, 6.45) is 5.33. The maximum Gasteiger partial charge on any atom is 0.242 e. The highest BCUT2D eigenvalue weighted by molar-refractivity contribution is 7.99. The molecule has 1 saturated carbocycles. The molecule has 38 heavy (non-hydrogen) atoms. The number of thiazole rings is 2. The monoisotopic (exact) mass is 573 g/mol. The zero-order valence-corrected chi connectivity index (χ0v) is 24.3. The highest BCUT2D eigenvalue weighted by Gasteiger charge is 2.28. The molecule has 4 heterocycles. The molecule has 1 aromatic carbocycles.